The van der Waals surface area contributed by atoms with Crippen LogP contribution in [0.3, 0.4) is 0 Å². The largest absolute Gasteiger partial charge is 0.341 e. The molecule has 0 N–H and O–H groups in total. The van der Waals surface area contributed by atoms with Crippen molar-refractivity contribution in [3.8, 4) is 0 Å². The molecular weight excluding hydrogens is 406 g/mol. The molecule has 1 aliphatic rings. The Kier molecular flexibility index (Phi) is 5.36. The lowest BCUT2D eigenvalue weighted by Crippen LogP contribution is -2.34. The number of hydrogen-bond acceptors (Lipinski definition) is 2. The topological polar surface area (TPSA) is 40.6 Å². The molecule has 1 unspecified atom stereocenters. The van der Waals surface area contributed by atoms with Crippen molar-refractivity contribution in [3.63, 3.8) is 0 Å². The van der Waals surface area contributed by atoms with Gasteiger partial charge in [0.05, 0.1) is 11.6 Å². The first-order valence-electron chi connectivity index (χ1n) is 8.10. The van der Waals surface area contributed by atoms with Crippen molar-refractivity contribution in [2.24, 2.45) is 5.92 Å². The number of rotatable bonds is 4. The van der Waals surface area contributed by atoms with Gasteiger partial charge < -0.3 is 9.80 Å². The van der Waals surface area contributed by atoms with Gasteiger partial charge in [0.2, 0.25) is 11.8 Å². The summed E-state index contributed by atoms with van der Waals surface area (Å²) in [5, 5.41) is 0. The molecule has 1 saturated heterocycles. The van der Waals surface area contributed by atoms with Gasteiger partial charge in [0.15, 0.2) is 0 Å². The summed E-state index contributed by atoms with van der Waals surface area (Å²) < 4.78 is 28.6. The average Bonchev–Trinajstić information content (AvgIpc) is 2.99. The van der Waals surface area contributed by atoms with Crippen LogP contribution in [0.15, 0.2) is 46.9 Å². The summed E-state index contributed by atoms with van der Waals surface area (Å²) in [4.78, 5) is 27.6. The van der Waals surface area contributed by atoms with Gasteiger partial charge in [0.25, 0.3) is 0 Å². The fraction of sp³-hybridized carbons (Fsp3) is 0.263. The number of halogens is 3. The molecule has 1 heterocycles. The van der Waals surface area contributed by atoms with Crippen LogP contribution in [-0.2, 0) is 16.1 Å². The molecule has 1 aliphatic heterocycles. The van der Waals surface area contributed by atoms with Crippen LogP contribution in [0.2, 0.25) is 0 Å². The van der Waals surface area contributed by atoms with Crippen LogP contribution >= 0.6 is 15.9 Å². The van der Waals surface area contributed by atoms with Gasteiger partial charge in [-0.15, -0.1) is 0 Å². The Morgan fingerprint density at radius 2 is 1.96 bits per heavy atom. The van der Waals surface area contributed by atoms with Gasteiger partial charge in [-0.1, -0.05) is 28.1 Å². The van der Waals surface area contributed by atoms with Gasteiger partial charge in [0.1, 0.15) is 11.6 Å². The predicted molar refractivity (Wildman–Crippen MR) is 97.4 cm³/mol. The number of nitrogens with zero attached hydrogens (tertiary/aromatic N) is 2. The van der Waals surface area contributed by atoms with Crippen molar-refractivity contribution < 1.29 is 18.4 Å². The first kappa shape index (κ1) is 18.5. The van der Waals surface area contributed by atoms with Crippen LogP contribution in [0.5, 0.6) is 0 Å². The summed E-state index contributed by atoms with van der Waals surface area (Å²) >= 11 is 3.28. The Hall–Kier alpha value is -2.28. The molecular formula is C19H17BrF2N2O2. The van der Waals surface area contributed by atoms with E-state index in [0.29, 0.717) is 5.56 Å². The second-order valence-corrected chi connectivity index (χ2v) is 7.20. The first-order chi connectivity index (χ1) is 12.4. The highest BCUT2D eigenvalue weighted by Gasteiger charge is 2.37. The van der Waals surface area contributed by atoms with Crippen LogP contribution < -0.4 is 4.90 Å². The summed E-state index contributed by atoms with van der Waals surface area (Å²) in [7, 11) is 1.57. The lowest BCUT2D eigenvalue weighted by Gasteiger charge is -2.22. The van der Waals surface area contributed by atoms with Gasteiger partial charge in [-0.25, -0.2) is 8.78 Å². The van der Waals surface area contributed by atoms with Crippen LogP contribution in [0.1, 0.15) is 12.0 Å². The summed E-state index contributed by atoms with van der Waals surface area (Å²) in [5.41, 5.74) is 0.555. The van der Waals surface area contributed by atoms with E-state index in [-0.39, 0.29) is 37.0 Å². The van der Waals surface area contributed by atoms with E-state index < -0.39 is 17.6 Å². The molecule has 1 fully saturated rings. The van der Waals surface area contributed by atoms with Gasteiger partial charge in [-0.05, 0) is 30.3 Å². The van der Waals surface area contributed by atoms with Crippen molar-refractivity contribution in [1.82, 2.24) is 4.90 Å². The number of benzene rings is 2. The smallest absolute Gasteiger partial charge is 0.228 e. The maximum atomic E-state index is 13.9. The molecule has 3 rings (SSSR count). The quantitative estimate of drug-likeness (QED) is 0.752. The van der Waals surface area contributed by atoms with E-state index in [1.165, 1.54) is 28.0 Å². The Bertz CT molecular complexity index is 859. The Balaban J connectivity index is 1.71. The lowest BCUT2D eigenvalue weighted by atomic mass is 10.1. The Labute approximate surface area is 158 Å². The van der Waals surface area contributed by atoms with Gasteiger partial charge >= 0.3 is 0 Å². The second-order valence-electron chi connectivity index (χ2n) is 6.29. The molecule has 0 bridgehead atoms. The zero-order valence-corrected chi connectivity index (χ0v) is 15.7. The third-order valence-corrected chi connectivity index (χ3v) is 4.90. The van der Waals surface area contributed by atoms with Crippen molar-refractivity contribution >= 4 is 33.4 Å². The van der Waals surface area contributed by atoms with Gasteiger partial charge in [-0.2, -0.15) is 0 Å². The molecule has 4 nitrogen and oxygen atoms in total. The number of anilines is 1. The number of para-hydroxylation sites is 1. The molecule has 7 heteroatoms. The maximum absolute atomic E-state index is 13.9. The third kappa shape index (κ3) is 3.77. The zero-order valence-electron chi connectivity index (χ0n) is 14.1. The molecule has 0 spiro atoms. The minimum atomic E-state index is -0.581. The zero-order chi connectivity index (χ0) is 18.8. The summed E-state index contributed by atoms with van der Waals surface area (Å²) in [6.45, 7) is 0.207. The molecule has 1 atom stereocenters. The van der Waals surface area contributed by atoms with E-state index >= 15 is 0 Å². The number of hydrogen-bond donors (Lipinski definition) is 0. The summed E-state index contributed by atoms with van der Waals surface area (Å²) in [6, 6.07) is 10.5. The second kappa shape index (κ2) is 7.53. The lowest BCUT2D eigenvalue weighted by molar-refractivity contribution is -0.135. The minimum Gasteiger partial charge on any atom is -0.341 e. The molecule has 136 valence electrons. The van der Waals surface area contributed by atoms with Crippen LogP contribution in [0, 0.1) is 17.6 Å². The Morgan fingerprint density at radius 1 is 1.23 bits per heavy atom. The SMILES string of the molecule is CN(Cc1cc(Br)ccc1F)C(=O)C1CC(=O)N(c2ccccc2F)C1. The van der Waals surface area contributed by atoms with Crippen LogP contribution in [0.25, 0.3) is 0 Å². The third-order valence-electron chi connectivity index (χ3n) is 4.41. The number of carbonyl (C=O) groups is 2. The molecule has 0 saturated carbocycles. The van der Waals surface area contributed by atoms with E-state index in [9.17, 15) is 18.4 Å². The molecule has 2 aromatic rings. The highest BCUT2D eigenvalue weighted by Crippen LogP contribution is 2.28. The minimum absolute atomic E-state index is 0.0124. The van der Waals surface area contributed by atoms with E-state index in [2.05, 4.69) is 15.9 Å². The van der Waals surface area contributed by atoms with E-state index in [0.717, 1.165) is 4.47 Å². The molecule has 0 aliphatic carbocycles. The first-order valence-corrected chi connectivity index (χ1v) is 8.90. The predicted octanol–water partition coefficient (Wildman–Crippen LogP) is 3.74. The van der Waals surface area contributed by atoms with Gasteiger partial charge in [0, 0.05) is 36.6 Å². The van der Waals surface area contributed by atoms with Crippen molar-refractivity contribution in [1.29, 1.82) is 0 Å². The van der Waals surface area contributed by atoms with E-state index in [1.54, 1.807) is 31.3 Å². The molecule has 0 radical (unpaired) electrons. The van der Waals surface area contributed by atoms with E-state index in [4.69, 9.17) is 0 Å². The van der Waals surface area contributed by atoms with Gasteiger partial charge in [-0.3, -0.25) is 9.59 Å². The maximum Gasteiger partial charge on any atom is 0.228 e. The summed E-state index contributed by atoms with van der Waals surface area (Å²) in [6.07, 6.45) is 0.0124. The Morgan fingerprint density at radius 3 is 2.69 bits per heavy atom. The monoisotopic (exact) mass is 422 g/mol. The molecule has 2 aromatic carbocycles. The molecule has 2 amide bonds. The fourth-order valence-electron chi connectivity index (χ4n) is 3.09. The molecule has 26 heavy (non-hydrogen) atoms. The summed E-state index contributed by atoms with van der Waals surface area (Å²) in [5.74, 6) is -2.05. The number of carbonyl (C=O) groups excluding carboxylic acids is 2. The van der Waals surface area contributed by atoms with E-state index in [1.807, 2.05) is 0 Å². The van der Waals surface area contributed by atoms with Crippen molar-refractivity contribution in [3.05, 3.63) is 64.1 Å². The number of amides is 2. The van der Waals surface area contributed by atoms with Crippen LogP contribution in [-0.4, -0.2) is 30.3 Å². The highest BCUT2D eigenvalue weighted by molar-refractivity contribution is 9.10. The van der Waals surface area contributed by atoms with Crippen molar-refractivity contribution in [2.75, 3.05) is 18.5 Å². The van der Waals surface area contributed by atoms with Crippen LogP contribution in [0.4, 0.5) is 14.5 Å². The molecule has 0 aromatic heterocycles. The van der Waals surface area contributed by atoms with Crippen molar-refractivity contribution in [2.45, 2.75) is 13.0 Å². The fourth-order valence-corrected chi connectivity index (χ4v) is 3.49. The normalized spacial score (nSPS) is 16.8. The standard InChI is InChI=1S/C19H17BrF2N2O2/c1-23(10-12-8-14(20)6-7-15(12)21)19(26)13-9-18(25)24(11-13)17-5-3-2-4-16(17)22/h2-8,13H,9-11H2,1H3. The highest BCUT2D eigenvalue weighted by atomic mass is 79.9. The average molecular weight is 423 g/mol.